The number of nitrogens with zero attached hydrogens (tertiary/aromatic N) is 1. The third-order valence-corrected chi connectivity index (χ3v) is 3.64. The van der Waals surface area contributed by atoms with Crippen LogP contribution in [-0.4, -0.2) is 22.8 Å². The molecule has 0 saturated heterocycles. The molecule has 24 heavy (non-hydrogen) atoms. The zero-order valence-electron chi connectivity index (χ0n) is 14.2. The van der Waals surface area contributed by atoms with Crippen LogP contribution in [0.2, 0.25) is 0 Å². The highest BCUT2D eigenvalue weighted by atomic mass is 16.2. The van der Waals surface area contributed by atoms with E-state index in [1.807, 2.05) is 51.1 Å². The van der Waals surface area contributed by atoms with E-state index in [-0.39, 0.29) is 24.2 Å². The first-order valence-corrected chi connectivity index (χ1v) is 8.02. The predicted octanol–water partition coefficient (Wildman–Crippen LogP) is 2.71. The molecule has 0 radical (unpaired) electrons. The lowest BCUT2D eigenvalue weighted by Crippen LogP contribution is -2.47. The number of hydrogen-bond donors (Lipinski definition) is 2. The molecule has 0 spiro atoms. The summed E-state index contributed by atoms with van der Waals surface area (Å²) in [5.74, 6) is -0.411. The van der Waals surface area contributed by atoms with E-state index in [0.29, 0.717) is 5.69 Å². The van der Waals surface area contributed by atoms with E-state index in [1.165, 1.54) is 0 Å². The van der Waals surface area contributed by atoms with Gasteiger partial charge in [-0.15, -0.1) is 0 Å². The maximum atomic E-state index is 12.5. The van der Waals surface area contributed by atoms with Crippen LogP contribution in [0.5, 0.6) is 0 Å². The van der Waals surface area contributed by atoms with E-state index in [2.05, 4.69) is 15.6 Å². The van der Waals surface area contributed by atoms with Crippen LogP contribution in [0.3, 0.4) is 0 Å². The second-order valence-electron chi connectivity index (χ2n) is 6.13. The van der Waals surface area contributed by atoms with Gasteiger partial charge in [-0.1, -0.05) is 44.2 Å². The Labute approximate surface area is 142 Å². The molecule has 0 aliphatic rings. The molecule has 0 saturated carbocycles. The molecule has 2 aromatic rings. The highest BCUT2D eigenvalue weighted by molar-refractivity contribution is 5.97. The number of anilines is 1. The molecule has 5 nitrogen and oxygen atoms in total. The lowest BCUT2D eigenvalue weighted by molar-refractivity contribution is -0.127. The van der Waals surface area contributed by atoms with Crippen molar-refractivity contribution >= 4 is 17.5 Å². The Hall–Kier alpha value is -2.69. The van der Waals surface area contributed by atoms with Gasteiger partial charge in [0.2, 0.25) is 11.8 Å². The number of aromatic nitrogens is 1. The Morgan fingerprint density at radius 3 is 2.46 bits per heavy atom. The number of benzene rings is 1. The molecule has 5 heteroatoms. The molecule has 1 atom stereocenters. The fourth-order valence-electron chi connectivity index (χ4n) is 2.38. The van der Waals surface area contributed by atoms with Gasteiger partial charge >= 0.3 is 0 Å². The molecule has 1 aromatic carbocycles. The summed E-state index contributed by atoms with van der Waals surface area (Å²) in [7, 11) is 0. The first-order chi connectivity index (χ1) is 11.5. The first kappa shape index (κ1) is 17.7. The van der Waals surface area contributed by atoms with Gasteiger partial charge in [-0.25, -0.2) is 0 Å². The lowest BCUT2D eigenvalue weighted by Gasteiger charge is -2.22. The van der Waals surface area contributed by atoms with Crippen molar-refractivity contribution in [2.75, 3.05) is 5.32 Å². The van der Waals surface area contributed by atoms with Crippen molar-refractivity contribution in [3.05, 3.63) is 59.9 Å². The van der Waals surface area contributed by atoms with Crippen LogP contribution in [0.25, 0.3) is 0 Å². The minimum Gasteiger partial charge on any atom is -0.344 e. The van der Waals surface area contributed by atoms with Crippen LogP contribution in [-0.2, 0) is 16.0 Å². The summed E-state index contributed by atoms with van der Waals surface area (Å²) in [5.41, 5.74) is 2.42. The zero-order chi connectivity index (χ0) is 17.5. The summed E-state index contributed by atoms with van der Waals surface area (Å²) >= 11 is 0. The van der Waals surface area contributed by atoms with Gasteiger partial charge < -0.3 is 10.6 Å². The van der Waals surface area contributed by atoms with Gasteiger partial charge in [0.05, 0.1) is 6.42 Å². The molecular weight excluding hydrogens is 302 g/mol. The molecule has 2 rings (SSSR count). The number of pyridine rings is 1. The fraction of sp³-hybridized carbons (Fsp3) is 0.316. The number of hydrogen-bond acceptors (Lipinski definition) is 3. The third-order valence-electron chi connectivity index (χ3n) is 3.64. The van der Waals surface area contributed by atoms with Gasteiger partial charge in [0.25, 0.3) is 0 Å². The fourth-order valence-corrected chi connectivity index (χ4v) is 2.38. The van der Waals surface area contributed by atoms with E-state index in [4.69, 9.17) is 0 Å². The van der Waals surface area contributed by atoms with Crippen LogP contribution >= 0.6 is 0 Å². The topological polar surface area (TPSA) is 71.1 Å². The molecule has 1 heterocycles. The van der Waals surface area contributed by atoms with Gasteiger partial charge in [-0.2, -0.15) is 0 Å². The Balaban J connectivity index is 2.00. The Kier molecular flexibility index (Phi) is 6.07. The Morgan fingerprint density at radius 1 is 1.12 bits per heavy atom. The molecule has 0 unspecified atom stereocenters. The molecule has 2 amide bonds. The minimum atomic E-state index is -0.588. The van der Waals surface area contributed by atoms with Gasteiger partial charge in [-0.3, -0.25) is 14.6 Å². The van der Waals surface area contributed by atoms with Crippen LogP contribution in [0, 0.1) is 12.8 Å². The first-order valence-electron chi connectivity index (χ1n) is 8.02. The molecule has 0 bridgehead atoms. The number of carbonyl (C=O) groups is 2. The van der Waals surface area contributed by atoms with Crippen molar-refractivity contribution in [2.24, 2.45) is 5.92 Å². The van der Waals surface area contributed by atoms with E-state index in [1.54, 1.807) is 18.3 Å². The number of amides is 2. The van der Waals surface area contributed by atoms with Crippen molar-refractivity contribution in [1.29, 1.82) is 0 Å². The van der Waals surface area contributed by atoms with E-state index in [9.17, 15) is 9.59 Å². The molecule has 0 aliphatic carbocycles. The zero-order valence-corrected chi connectivity index (χ0v) is 14.2. The summed E-state index contributed by atoms with van der Waals surface area (Å²) < 4.78 is 0. The smallest absolute Gasteiger partial charge is 0.247 e. The highest BCUT2D eigenvalue weighted by Crippen LogP contribution is 2.11. The molecule has 0 fully saturated rings. The summed E-state index contributed by atoms with van der Waals surface area (Å²) in [6.45, 7) is 5.67. The number of carbonyl (C=O) groups excluding carboxylic acids is 2. The average molecular weight is 325 g/mol. The largest absolute Gasteiger partial charge is 0.344 e. The molecule has 1 aromatic heterocycles. The van der Waals surface area contributed by atoms with Gasteiger partial charge in [0.15, 0.2) is 0 Å². The lowest BCUT2D eigenvalue weighted by atomic mass is 10.0. The van der Waals surface area contributed by atoms with Crippen LogP contribution in [0.1, 0.15) is 25.1 Å². The van der Waals surface area contributed by atoms with Crippen LogP contribution in [0.15, 0.2) is 48.7 Å². The van der Waals surface area contributed by atoms with Crippen molar-refractivity contribution in [1.82, 2.24) is 10.3 Å². The van der Waals surface area contributed by atoms with E-state index < -0.39 is 6.04 Å². The van der Waals surface area contributed by atoms with Crippen molar-refractivity contribution in [2.45, 2.75) is 33.2 Å². The third kappa shape index (κ3) is 5.19. The summed E-state index contributed by atoms with van der Waals surface area (Å²) in [6.07, 6.45) is 1.90. The summed E-state index contributed by atoms with van der Waals surface area (Å²) in [4.78, 5) is 28.8. The van der Waals surface area contributed by atoms with Gasteiger partial charge in [0, 0.05) is 17.6 Å². The van der Waals surface area contributed by atoms with Gasteiger partial charge in [-0.05, 0) is 30.5 Å². The number of aryl methyl sites for hydroxylation is 1. The molecule has 2 N–H and O–H groups in total. The van der Waals surface area contributed by atoms with Crippen molar-refractivity contribution < 1.29 is 9.59 Å². The Bertz CT molecular complexity index is 699. The standard InChI is InChI=1S/C19H23N3O2/c1-13(2)18(19(24)21-16-9-10-20-14(3)11-16)22-17(23)12-15-7-5-4-6-8-15/h4-11,13,18H,12H2,1-3H3,(H,22,23)(H,20,21,24)/t18-/m1/s1. The average Bonchev–Trinajstić information content (AvgIpc) is 2.53. The monoisotopic (exact) mass is 325 g/mol. The van der Waals surface area contributed by atoms with Crippen LogP contribution in [0.4, 0.5) is 5.69 Å². The highest BCUT2D eigenvalue weighted by Gasteiger charge is 2.24. The summed E-state index contributed by atoms with van der Waals surface area (Å²) in [6, 6.07) is 12.4. The second-order valence-corrected chi connectivity index (χ2v) is 6.13. The second kappa shape index (κ2) is 8.24. The Morgan fingerprint density at radius 2 is 1.83 bits per heavy atom. The maximum absolute atomic E-state index is 12.5. The molecule has 126 valence electrons. The van der Waals surface area contributed by atoms with Crippen molar-refractivity contribution in [3.8, 4) is 0 Å². The van der Waals surface area contributed by atoms with Crippen LogP contribution < -0.4 is 10.6 Å². The SMILES string of the molecule is Cc1cc(NC(=O)[C@H](NC(=O)Cc2ccccc2)C(C)C)ccn1. The normalized spacial score (nSPS) is 11.8. The number of nitrogens with one attached hydrogen (secondary N) is 2. The quantitative estimate of drug-likeness (QED) is 0.858. The molecule has 0 aliphatic heterocycles. The van der Waals surface area contributed by atoms with E-state index >= 15 is 0 Å². The molecular formula is C19H23N3O2. The number of rotatable bonds is 6. The predicted molar refractivity (Wildman–Crippen MR) is 94.5 cm³/mol. The van der Waals surface area contributed by atoms with Crippen molar-refractivity contribution in [3.63, 3.8) is 0 Å². The van der Waals surface area contributed by atoms with E-state index in [0.717, 1.165) is 11.3 Å². The summed E-state index contributed by atoms with van der Waals surface area (Å²) in [5, 5.41) is 5.67. The maximum Gasteiger partial charge on any atom is 0.247 e. The van der Waals surface area contributed by atoms with Gasteiger partial charge in [0.1, 0.15) is 6.04 Å². The minimum absolute atomic E-state index is 0.0207.